The number of imide groups is 1. The molecule has 0 radical (unpaired) electrons. The maximum absolute atomic E-state index is 12.8. The van der Waals surface area contributed by atoms with E-state index in [1.54, 1.807) is 0 Å². The highest BCUT2D eigenvalue weighted by atomic mass is 32.2. The van der Waals surface area contributed by atoms with Crippen LogP contribution in [0.15, 0.2) is 12.2 Å². The van der Waals surface area contributed by atoms with E-state index in [0.717, 1.165) is 21.4 Å². The van der Waals surface area contributed by atoms with Gasteiger partial charge in [0.1, 0.15) is 6.54 Å². The van der Waals surface area contributed by atoms with Crippen LogP contribution in [0, 0.1) is 0 Å². The highest BCUT2D eigenvalue weighted by Crippen LogP contribution is 2.08. The molecule has 0 aliphatic carbocycles. The molecule has 1 heterocycles. The van der Waals surface area contributed by atoms with Crippen LogP contribution in [0.1, 0.15) is 6.42 Å². The van der Waals surface area contributed by atoms with E-state index in [0.29, 0.717) is 0 Å². The van der Waals surface area contributed by atoms with Crippen LogP contribution in [0.5, 0.6) is 0 Å². The first-order valence-corrected chi connectivity index (χ1v) is 12.7. The van der Waals surface area contributed by atoms with Crippen LogP contribution in [0.2, 0.25) is 0 Å². The molecule has 0 saturated carbocycles. The molecule has 0 aromatic carbocycles. The van der Waals surface area contributed by atoms with Crippen LogP contribution in [0.3, 0.4) is 0 Å². The predicted molar refractivity (Wildman–Crippen MR) is 125 cm³/mol. The van der Waals surface area contributed by atoms with Gasteiger partial charge in [-0.05, 0) is 0 Å². The van der Waals surface area contributed by atoms with Gasteiger partial charge >= 0.3 is 5.97 Å². The predicted octanol–water partition coefficient (Wildman–Crippen LogP) is -3.97. The van der Waals surface area contributed by atoms with E-state index < -0.39 is 70.9 Å². The van der Waals surface area contributed by atoms with Crippen molar-refractivity contribution in [3.63, 3.8) is 0 Å². The Hall–Kier alpha value is -3.41. The average molecular weight is 550 g/mol. The molecule has 1 rings (SSSR count). The number of carboxylic acid groups (broad SMARTS) is 1. The summed E-state index contributed by atoms with van der Waals surface area (Å²) in [5, 5.41) is 15.0. The van der Waals surface area contributed by atoms with Crippen molar-refractivity contribution < 1.29 is 51.8 Å². The van der Waals surface area contributed by atoms with Gasteiger partial charge in [0, 0.05) is 45.3 Å². The number of carbonyl (C=O) groups is 6. The lowest BCUT2D eigenvalue weighted by atomic mass is 10.3. The van der Waals surface area contributed by atoms with Crippen molar-refractivity contribution >= 4 is 45.5 Å². The van der Waals surface area contributed by atoms with Gasteiger partial charge in [-0.25, -0.2) is 8.42 Å². The average Bonchev–Trinajstić information content (AvgIpc) is 3.16. The fourth-order valence-electron chi connectivity index (χ4n) is 2.76. The molecule has 37 heavy (non-hydrogen) atoms. The first kappa shape index (κ1) is 31.6. The zero-order chi connectivity index (χ0) is 27.8. The Labute approximate surface area is 213 Å². The Kier molecular flexibility index (Phi) is 14.0. The minimum absolute atomic E-state index is 0.141. The summed E-state index contributed by atoms with van der Waals surface area (Å²) in [6.45, 7) is -2.07. The van der Waals surface area contributed by atoms with Gasteiger partial charge in [-0.3, -0.25) is 33.7 Å². The number of hydrogen-bond acceptors (Lipinski definition) is 10. The van der Waals surface area contributed by atoms with Crippen molar-refractivity contribution in [3.8, 4) is 0 Å². The number of hydrogen-bond donors (Lipinski definition) is 4. The molecule has 0 fully saturated rings. The molecule has 0 unspecified atom stereocenters. The molecule has 0 spiro atoms. The van der Waals surface area contributed by atoms with Gasteiger partial charge in [0.05, 0.1) is 38.7 Å². The van der Waals surface area contributed by atoms with Gasteiger partial charge < -0.3 is 30.5 Å². The third-order valence-electron chi connectivity index (χ3n) is 4.70. The van der Waals surface area contributed by atoms with Gasteiger partial charge in [0.15, 0.2) is 0 Å². The summed E-state index contributed by atoms with van der Waals surface area (Å²) in [7, 11) is -2.48. The quantitative estimate of drug-likeness (QED) is 0.0899. The molecular weight excluding hydrogens is 518 g/mol. The van der Waals surface area contributed by atoms with Crippen LogP contribution in [-0.2, 0) is 48.3 Å². The Balaban J connectivity index is 2.57. The molecule has 4 N–H and O–H groups in total. The molecule has 0 aromatic rings. The number of nitrogens with one attached hydrogen (secondary N) is 3. The molecular formula is C20H31N5O11S. The summed E-state index contributed by atoms with van der Waals surface area (Å²) in [5.74, 6) is -4.95. The minimum atomic E-state index is -3.94. The third kappa shape index (κ3) is 12.9. The number of sulfonamides is 1. The van der Waals surface area contributed by atoms with Crippen LogP contribution < -0.4 is 16.0 Å². The molecule has 0 atom stereocenters. The van der Waals surface area contributed by atoms with E-state index in [1.807, 2.05) is 5.32 Å². The second kappa shape index (κ2) is 16.4. The number of nitrogens with zero attached hydrogens (tertiary/aromatic N) is 2. The highest BCUT2D eigenvalue weighted by Gasteiger charge is 2.28. The van der Waals surface area contributed by atoms with Crippen molar-refractivity contribution in [1.29, 1.82) is 0 Å². The maximum Gasteiger partial charge on any atom is 0.322 e. The summed E-state index contributed by atoms with van der Waals surface area (Å²) < 4.78 is 36.5. The number of methoxy groups -OCH3 is 1. The van der Waals surface area contributed by atoms with Crippen LogP contribution in [0.25, 0.3) is 0 Å². The monoisotopic (exact) mass is 549 g/mol. The SMILES string of the molecule is COCCOCCS(=O)(=O)N(CCC(=O)NCC(=O)NCC(=O)NCC(=O)O)CCN1C(=O)C=CC1=O. The Bertz CT molecular complexity index is 965. The molecule has 5 amide bonds. The summed E-state index contributed by atoms with van der Waals surface area (Å²) in [5.41, 5.74) is 0. The van der Waals surface area contributed by atoms with Crippen LogP contribution >= 0.6 is 0 Å². The van der Waals surface area contributed by atoms with Crippen molar-refractivity contribution in [1.82, 2.24) is 25.2 Å². The fraction of sp³-hybridized carbons (Fsp3) is 0.600. The second-order valence-corrected chi connectivity index (χ2v) is 9.54. The van der Waals surface area contributed by atoms with E-state index in [4.69, 9.17) is 14.6 Å². The van der Waals surface area contributed by atoms with Crippen molar-refractivity contribution in [2.24, 2.45) is 0 Å². The Morgan fingerprint density at radius 2 is 1.46 bits per heavy atom. The van der Waals surface area contributed by atoms with Crippen molar-refractivity contribution in [3.05, 3.63) is 12.2 Å². The summed E-state index contributed by atoms with van der Waals surface area (Å²) in [6, 6.07) is 0. The summed E-state index contributed by atoms with van der Waals surface area (Å²) >= 11 is 0. The van der Waals surface area contributed by atoms with Gasteiger partial charge in [-0.1, -0.05) is 0 Å². The molecule has 17 heteroatoms. The van der Waals surface area contributed by atoms with E-state index >= 15 is 0 Å². The number of rotatable bonds is 19. The smallest absolute Gasteiger partial charge is 0.322 e. The zero-order valence-corrected chi connectivity index (χ0v) is 21.1. The van der Waals surface area contributed by atoms with E-state index in [9.17, 15) is 37.2 Å². The van der Waals surface area contributed by atoms with Crippen LogP contribution in [0.4, 0.5) is 0 Å². The second-order valence-electron chi connectivity index (χ2n) is 7.46. The van der Waals surface area contributed by atoms with Gasteiger partial charge in [-0.2, -0.15) is 4.31 Å². The van der Waals surface area contributed by atoms with Gasteiger partial charge in [0.25, 0.3) is 11.8 Å². The summed E-state index contributed by atoms with van der Waals surface area (Å²) in [4.78, 5) is 70.1. The van der Waals surface area contributed by atoms with Crippen molar-refractivity contribution in [2.45, 2.75) is 6.42 Å². The molecule has 1 aliphatic rings. The Morgan fingerprint density at radius 3 is 2.03 bits per heavy atom. The normalized spacial score (nSPS) is 13.2. The zero-order valence-electron chi connectivity index (χ0n) is 20.3. The molecule has 16 nitrogen and oxygen atoms in total. The number of aliphatic carboxylic acids is 1. The number of carbonyl (C=O) groups excluding carboxylic acids is 5. The molecule has 1 aliphatic heterocycles. The highest BCUT2D eigenvalue weighted by molar-refractivity contribution is 7.89. The third-order valence-corrected chi connectivity index (χ3v) is 6.54. The number of carboxylic acids is 1. The lowest BCUT2D eigenvalue weighted by Crippen LogP contribution is -2.45. The van der Waals surface area contributed by atoms with Gasteiger partial charge in [0.2, 0.25) is 27.7 Å². The van der Waals surface area contributed by atoms with E-state index in [1.165, 1.54) is 7.11 Å². The summed E-state index contributed by atoms with van der Waals surface area (Å²) in [6.07, 6.45) is 1.80. The number of amides is 5. The fourth-order valence-corrected chi connectivity index (χ4v) is 4.08. The number of ether oxygens (including phenoxy) is 2. The van der Waals surface area contributed by atoms with E-state index in [2.05, 4.69) is 10.6 Å². The van der Waals surface area contributed by atoms with Crippen molar-refractivity contribution in [2.75, 3.05) is 72.0 Å². The maximum atomic E-state index is 12.8. The van der Waals surface area contributed by atoms with Crippen LogP contribution in [-0.4, -0.2) is 130 Å². The Morgan fingerprint density at radius 1 is 0.892 bits per heavy atom. The van der Waals surface area contributed by atoms with Gasteiger partial charge in [-0.15, -0.1) is 0 Å². The molecule has 208 valence electrons. The standard InChI is InChI=1S/C20H31N5O11S/c1-35-8-9-36-10-11-37(33,34)24(6-7-25-18(29)2-3-19(25)30)5-4-15(26)21-12-16(27)22-13-17(28)23-14-20(31)32/h2-3H,4-14H2,1H3,(H,21,26)(H,22,27)(H,23,28)(H,31,32). The minimum Gasteiger partial charge on any atom is -0.480 e. The first-order valence-electron chi connectivity index (χ1n) is 11.1. The topological polar surface area (TPSA) is 218 Å². The molecule has 0 saturated heterocycles. The molecule has 0 bridgehead atoms. The molecule has 0 aromatic heterocycles. The lowest BCUT2D eigenvalue weighted by molar-refractivity contribution is -0.138. The first-order chi connectivity index (χ1) is 17.5. The lowest BCUT2D eigenvalue weighted by Gasteiger charge is -2.24. The largest absolute Gasteiger partial charge is 0.480 e. The van der Waals surface area contributed by atoms with E-state index in [-0.39, 0.29) is 45.9 Å².